The van der Waals surface area contributed by atoms with E-state index >= 15 is 0 Å². The van der Waals surface area contributed by atoms with E-state index in [0.29, 0.717) is 4.88 Å². The van der Waals surface area contributed by atoms with Gasteiger partial charge in [0, 0.05) is 31.1 Å². The van der Waals surface area contributed by atoms with Crippen LogP contribution in [-0.4, -0.2) is 73.1 Å². The number of carbonyl (C=O) groups excluding carboxylic acids is 3. The van der Waals surface area contributed by atoms with Gasteiger partial charge in [-0.15, -0.1) is 11.3 Å². The van der Waals surface area contributed by atoms with Gasteiger partial charge in [-0.3, -0.25) is 14.5 Å². The van der Waals surface area contributed by atoms with Gasteiger partial charge in [0.25, 0.3) is 5.91 Å². The number of aryl methyl sites for hydroxylation is 2. The van der Waals surface area contributed by atoms with Crippen LogP contribution in [0.25, 0.3) is 0 Å². The lowest BCUT2D eigenvalue weighted by molar-refractivity contribution is -0.139. The molecule has 33 heavy (non-hydrogen) atoms. The first-order chi connectivity index (χ1) is 15.5. The van der Waals surface area contributed by atoms with Crippen LogP contribution in [-0.2, 0) is 25.2 Å². The molecule has 0 radical (unpaired) electrons. The maximum absolute atomic E-state index is 13.0. The van der Waals surface area contributed by atoms with Crippen LogP contribution >= 0.6 is 11.3 Å². The van der Waals surface area contributed by atoms with E-state index < -0.39 is 33.4 Å². The molecule has 9 nitrogen and oxygen atoms in total. The summed E-state index contributed by atoms with van der Waals surface area (Å²) in [5, 5.41) is 4.50. The summed E-state index contributed by atoms with van der Waals surface area (Å²) in [5.41, 5.74) is 0.720. The maximum atomic E-state index is 13.0. The zero-order valence-electron chi connectivity index (χ0n) is 18.7. The van der Waals surface area contributed by atoms with E-state index in [0.717, 1.165) is 16.0 Å². The number of urea groups is 1. The molecule has 1 N–H and O–H groups in total. The van der Waals surface area contributed by atoms with E-state index in [-0.39, 0.29) is 37.6 Å². The lowest BCUT2D eigenvalue weighted by Crippen LogP contribution is -2.53. The Bertz CT molecular complexity index is 1200. The molecule has 2 saturated heterocycles. The number of piperazine rings is 1. The number of rotatable bonds is 5. The molecule has 1 atom stereocenters. The van der Waals surface area contributed by atoms with Crippen LogP contribution in [0.1, 0.15) is 22.9 Å². The maximum Gasteiger partial charge on any atom is 0.325 e. The fourth-order valence-electron chi connectivity index (χ4n) is 4.01. The van der Waals surface area contributed by atoms with Gasteiger partial charge >= 0.3 is 6.03 Å². The molecule has 11 heteroatoms. The Balaban J connectivity index is 1.39. The molecule has 0 aliphatic carbocycles. The Kier molecular flexibility index (Phi) is 6.06. The smallest absolute Gasteiger partial charge is 0.325 e. The van der Waals surface area contributed by atoms with Crippen molar-refractivity contribution in [3.8, 4) is 0 Å². The van der Waals surface area contributed by atoms with Crippen molar-refractivity contribution in [2.75, 3.05) is 32.7 Å². The molecule has 2 aromatic rings. The van der Waals surface area contributed by atoms with Gasteiger partial charge in [-0.1, -0.05) is 12.1 Å². The minimum Gasteiger partial charge on any atom is -0.338 e. The molecule has 1 aromatic heterocycles. The quantitative estimate of drug-likeness (QED) is 0.642. The van der Waals surface area contributed by atoms with Crippen molar-refractivity contribution in [1.29, 1.82) is 0 Å². The average Bonchev–Trinajstić information content (AvgIpc) is 3.40. The molecule has 3 heterocycles. The normalized spacial score (nSPS) is 22.0. The predicted molar refractivity (Wildman–Crippen MR) is 123 cm³/mol. The van der Waals surface area contributed by atoms with Gasteiger partial charge in [0.2, 0.25) is 15.9 Å². The Hall–Kier alpha value is -2.76. The van der Waals surface area contributed by atoms with E-state index in [1.165, 1.54) is 20.5 Å². The molecular formula is C22H26N4O5S2. The number of nitrogens with zero attached hydrogens (tertiary/aromatic N) is 3. The van der Waals surface area contributed by atoms with Crippen molar-refractivity contribution >= 4 is 39.2 Å². The summed E-state index contributed by atoms with van der Waals surface area (Å²) in [7, 11) is -3.66. The van der Waals surface area contributed by atoms with Gasteiger partial charge in [0.05, 0.1) is 4.90 Å². The van der Waals surface area contributed by atoms with Crippen molar-refractivity contribution in [1.82, 2.24) is 19.4 Å². The monoisotopic (exact) mass is 490 g/mol. The van der Waals surface area contributed by atoms with Gasteiger partial charge < -0.3 is 10.2 Å². The zero-order chi connectivity index (χ0) is 24.0. The molecule has 176 valence electrons. The third-order valence-corrected chi connectivity index (χ3v) is 9.28. The summed E-state index contributed by atoms with van der Waals surface area (Å²) in [5.74, 6) is -0.864. The Morgan fingerprint density at radius 2 is 1.79 bits per heavy atom. The number of thiophene rings is 1. The second kappa shape index (κ2) is 8.54. The Labute approximate surface area is 197 Å². The van der Waals surface area contributed by atoms with Crippen LogP contribution in [0.4, 0.5) is 4.79 Å². The van der Waals surface area contributed by atoms with Crippen molar-refractivity contribution in [2.45, 2.75) is 31.2 Å². The number of hydrogen-bond acceptors (Lipinski definition) is 6. The first-order valence-corrected chi connectivity index (χ1v) is 12.9. The second-order valence-corrected chi connectivity index (χ2v) is 11.3. The molecule has 2 fully saturated rings. The number of sulfonamides is 1. The SMILES string of the molecule is Cc1ccc(S(=O)(=O)N2CCN(C(=O)CN3C(=O)NC(C)(c4cccs4)C3=O)CC2)cc1C. The lowest BCUT2D eigenvalue weighted by Gasteiger charge is -2.34. The van der Waals surface area contributed by atoms with Crippen LogP contribution in [0.3, 0.4) is 0 Å². The van der Waals surface area contributed by atoms with Crippen LogP contribution < -0.4 is 5.32 Å². The third-order valence-electron chi connectivity index (χ3n) is 6.29. The van der Waals surface area contributed by atoms with Gasteiger partial charge in [0.15, 0.2) is 5.54 Å². The molecule has 0 bridgehead atoms. The summed E-state index contributed by atoms with van der Waals surface area (Å²) in [4.78, 5) is 41.6. The second-order valence-electron chi connectivity index (χ2n) is 8.45. The largest absolute Gasteiger partial charge is 0.338 e. The first-order valence-electron chi connectivity index (χ1n) is 10.6. The summed E-state index contributed by atoms with van der Waals surface area (Å²) in [6.45, 7) is 5.70. The predicted octanol–water partition coefficient (Wildman–Crippen LogP) is 1.67. The Morgan fingerprint density at radius 1 is 1.09 bits per heavy atom. The minimum atomic E-state index is -3.66. The molecule has 4 amide bonds. The zero-order valence-corrected chi connectivity index (χ0v) is 20.3. The number of imide groups is 1. The van der Waals surface area contributed by atoms with E-state index in [1.807, 2.05) is 19.2 Å². The van der Waals surface area contributed by atoms with E-state index in [2.05, 4.69) is 5.32 Å². The molecule has 0 spiro atoms. The molecular weight excluding hydrogens is 464 g/mol. The summed E-state index contributed by atoms with van der Waals surface area (Å²) >= 11 is 1.36. The molecule has 2 aliphatic rings. The number of amides is 4. The molecule has 1 unspecified atom stereocenters. The highest BCUT2D eigenvalue weighted by Gasteiger charge is 2.50. The summed E-state index contributed by atoms with van der Waals surface area (Å²) < 4.78 is 27.4. The van der Waals surface area contributed by atoms with Crippen molar-refractivity contribution in [3.63, 3.8) is 0 Å². The Morgan fingerprint density at radius 3 is 2.39 bits per heavy atom. The van der Waals surface area contributed by atoms with Gasteiger partial charge in [-0.25, -0.2) is 13.2 Å². The fourth-order valence-corrected chi connectivity index (χ4v) is 6.35. The highest BCUT2D eigenvalue weighted by molar-refractivity contribution is 7.89. The summed E-state index contributed by atoms with van der Waals surface area (Å²) in [6.07, 6.45) is 0. The molecule has 4 rings (SSSR count). The number of hydrogen-bond donors (Lipinski definition) is 1. The van der Waals surface area contributed by atoms with Crippen LogP contribution in [0.2, 0.25) is 0 Å². The summed E-state index contributed by atoms with van der Waals surface area (Å²) in [6, 6.07) is 7.99. The lowest BCUT2D eigenvalue weighted by atomic mass is 10.0. The number of carbonyl (C=O) groups is 3. The van der Waals surface area contributed by atoms with Crippen molar-refractivity contribution in [2.24, 2.45) is 0 Å². The highest BCUT2D eigenvalue weighted by Crippen LogP contribution is 2.32. The number of benzene rings is 1. The molecule has 2 aliphatic heterocycles. The van der Waals surface area contributed by atoms with E-state index in [1.54, 1.807) is 37.3 Å². The first kappa shape index (κ1) is 23.4. The van der Waals surface area contributed by atoms with Gasteiger partial charge in [0.1, 0.15) is 6.54 Å². The van der Waals surface area contributed by atoms with Crippen LogP contribution in [0.15, 0.2) is 40.6 Å². The fraction of sp³-hybridized carbons (Fsp3) is 0.409. The molecule has 1 aromatic carbocycles. The minimum absolute atomic E-state index is 0.147. The molecule has 0 saturated carbocycles. The van der Waals surface area contributed by atoms with Crippen molar-refractivity contribution < 1.29 is 22.8 Å². The van der Waals surface area contributed by atoms with Crippen molar-refractivity contribution in [3.05, 3.63) is 51.7 Å². The third kappa shape index (κ3) is 4.16. The number of nitrogens with one attached hydrogen (secondary N) is 1. The van der Waals surface area contributed by atoms with Crippen LogP contribution in [0.5, 0.6) is 0 Å². The van der Waals surface area contributed by atoms with E-state index in [9.17, 15) is 22.8 Å². The van der Waals surface area contributed by atoms with Gasteiger partial charge in [-0.05, 0) is 55.5 Å². The highest BCUT2D eigenvalue weighted by atomic mass is 32.2. The van der Waals surface area contributed by atoms with E-state index in [4.69, 9.17) is 0 Å². The standard InChI is InChI=1S/C22H26N4O5S2/c1-15-6-7-17(13-16(15)2)33(30,31)25-10-8-24(9-11-25)19(27)14-26-20(28)22(3,23-21(26)29)18-5-4-12-32-18/h4-7,12-13H,8-11,14H2,1-3H3,(H,23,29). The van der Waals surface area contributed by atoms with Crippen LogP contribution in [0, 0.1) is 13.8 Å². The average molecular weight is 491 g/mol. The topological polar surface area (TPSA) is 107 Å². The van der Waals surface area contributed by atoms with Gasteiger partial charge in [-0.2, -0.15) is 4.31 Å².